The first-order valence-corrected chi connectivity index (χ1v) is 12.3. The van der Waals surface area contributed by atoms with Gasteiger partial charge in [0.15, 0.2) is 5.65 Å². The first-order valence-electron chi connectivity index (χ1n) is 12.3. The number of halogens is 3. The van der Waals surface area contributed by atoms with Gasteiger partial charge in [-0.05, 0) is 86.8 Å². The third-order valence-electron chi connectivity index (χ3n) is 7.16. The molecule has 9 heteroatoms. The van der Waals surface area contributed by atoms with Crippen molar-refractivity contribution in [1.82, 2.24) is 19.5 Å². The zero-order valence-corrected chi connectivity index (χ0v) is 20.6. The van der Waals surface area contributed by atoms with Crippen molar-refractivity contribution in [3.05, 3.63) is 93.0 Å². The molecule has 1 aromatic carbocycles. The monoisotopic (exact) mass is 508 g/mol. The SMILES string of the molecule is Cc1cnc2cc([C@H]3CC[C@H](c4c(C)cccc4F)CC3)c(=O)n(Cc3ncccc3OC(F)F)c2n1. The van der Waals surface area contributed by atoms with E-state index in [9.17, 15) is 18.0 Å². The van der Waals surface area contributed by atoms with Gasteiger partial charge in [-0.1, -0.05) is 12.1 Å². The second-order valence-corrected chi connectivity index (χ2v) is 9.56. The standard InChI is InChI=1S/C28H27F3N4O2/c1-16-5-3-6-21(29)25(16)19-10-8-18(9-11-19)20-13-22-26(34-17(2)14-33-22)35(27(20)36)15-23-24(37-28(30)31)7-4-12-32-23/h3-7,12-14,18-19,28H,8-11,15H2,1-2H3/t18-,19-. The van der Waals surface area contributed by atoms with E-state index in [1.807, 2.05) is 13.0 Å². The normalized spacial score (nSPS) is 17.9. The van der Waals surface area contributed by atoms with E-state index in [0.717, 1.165) is 36.8 Å². The van der Waals surface area contributed by atoms with E-state index in [0.29, 0.717) is 22.4 Å². The van der Waals surface area contributed by atoms with Gasteiger partial charge >= 0.3 is 6.61 Å². The molecule has 0 saturated heterocycles. The molecular formula is C28H27F3N4O2. The number of fused-ring (bicyclic) bond motifs is 1. The average molecular weight is 509 g/mol. The molecule has 0 bridgehead atoms. The largest absolute Gasteiger partial charge is 0.433 e. The molecule has 1 aliphatic rings. The van der Waals surface area contributed by atoms with Crippen LogP contribution in [0.15, 0.2) is 53.6 Å². The van der Waals surface area contributed by atoms with Crippen molar-refractivity contribution in [1.29, 1.82) is 0 Å². The van der Waals surface area contributed by atoms with Crippen molar-refractivity contribution in [3.63, 3.8) is 0 Å². The van der Waals surface area contributed by atoms with Crippen LogP contribution in [0.4, 0.5) is 13.2 Å². The summed E-state index contributed by atoms with van der Waals surface area (Å²) in [4.78, 5) is 27.0. The molecule has 192 valence electrons. The maximum atomic E-state index is 14.6. The van der Waals surface area contributed by atoms with Crippen LogP contribution in [0, 0.1) is 19.7 Å². The minimum atomic E-state index is -3.02. The van der Waals surface area contributed by atoms with E-state index < -0.39 is 6.61 Å². The molecule has 0 amide bonds. The number of benzene rings is 1. The van der Waals surface area contributed by atoms with Crippen molar-refractivity contribution >= 4 is 11.2 Å². The summed E-state index contributed by atoms with van der Waals surface area (Å²) >= 11 is 0. The number of aromatic nitrogens is 4. The Kier molecular flexibility index (Phi) is 6.95. The molecule has 0 aliphatic heterocycles. The highest BCUT2D eigenvalue weighted by atomic mass is 19.3. The molecule has 1 aliphatic carbocycles. The summed E-state index contributed by atoms with van der Waals surface area (Å²) in [6, 6.07) is 9.83. The highest BCUT2D eigenvalue weighted by Crippen LogP contribution is 2.41. The van der Waals surface area contributed by atoms with Crippen LogP contribution in [0.5, 0.6) is 5.75 Å². The lowest BCUT2D eigenvalue weighted by Gasteiger charge is -2.30. The van der Waals surface area contributed by atoms with Gasteiger partial charge in [-0.3, -0.25) is 19.3 Å². The van der Waals surface area contributed by atoms with Gasteiger partial charge in [0, 0.05) is 18.0 Å². The molecular weight excluding hydrogens is 481 g/mol. The molecule has 1 fully saturated rings. The van der Waals surface area contributed by atoms with E-state index in [1.54, 1.807) is 25.3 Å². The van der Waals surface area contributed by atoms with E-state index in [2.05, 4.69) is 19.7 Å². The molecule has 0 spiro atoms. The van der Waals surface area contributed by atoms with Gasteiger partial charge in [0.05, 0.1) is 12.2 Å². The van der Waals surface area contributed by atoms with Crippen LogP contribution in [-0.2, 0) is 6.54 Å². The van der Waals surface area contributed by atoms with Gasteiger partial charge in [0.25, 0.3) is 5.56 Å². The fourth-order valence-corrected chi connectivity index (χ4v) is 5.42. The molecule has 37 heavy (non-hydrogen) atoms. The predicted molar refractivity (Wildman–Crippen MR) is 134 cm³/mol. The third-order valence-corrected chi connectivity index (χ3v) is 7.16. The summed E-state index contributed by atoms with van der Waals surface area (Å²) in [5.74, 6) is -0.205. The second-order valence-electron chi connectivity index (χ2n) is 9.56. The van der Waals surface area contributed by atoms with Crippen LogP contribution < -0.4 is 10.3 Å². The minimum Gasteiger partial charge on any atom is -0.433 e. The fourth-order valence-electron chi connectivity index (χ4n) is 5.42. The van der Waals surface area contributed by atoms with Crippen molar-refractivity contribution in [2.75, 3.05) is 0 Å². The van der Waals surface area contributed by atoms with Crippen LogP contribution in [0.1, 0.15) is 65.6 Å². The lowest BCUT2D eigenvalue weighted by atomic mass is 9.75. The van der Waals surface area contributed by atoms with Crippen LogP contribution in [0.2, 0.25) is 0 Å². The second kappa shape index (κ2) is 10.3. The van der Waals surface area contributed by atoms with Gasteiger partial charge in [0.2, 0.25) is 0 Å². The van der Waals surface area contributed by atoms with E-state index in [4.69, 9.17) is 0 Å². The van der Waals surface area contributed by atoms with E-state index in [-0.39, 0.29) is 41.2 Å². The Hall–Kier alpha value is -3.75. The molecule has 0 unspecified atom stereocenters. The average Bonchev–Trinajstić information content (AvgIpc) is 2.87. The maximum Gasteiger partial charge on any atom is 0.387 e. The topological polar surface area (TPSA) is 69.9 Å². The van der Waals surface area contributed by atoms with Crippen LogP contribution >= 0.6 is 0 Å². The lowest BCUT2D eigenvalue weighted by Crippen LogP contribution is -2.29. The summed E-state index contributed by atoms with van der Waals surface area (Å²) in [7, 11) is 0. The molecule has 0 radical (unpaired) electrons. The number of hydrogen-bond donors (Lipinski definition) is 0. The number of hydrogen-bond acceptors (Lipinski definition) is 5. The maximum absolute atomic E-state index is 14.6. The molecule has 3 aromatic heterocycles. The quantitative estimate of drug-likeness (QED) is 0.318. The Morgan fingerprint density at radius 1 is 1.05 bits per heavy atom. The zero-order chi connectivity index (χ0) is 26.1. The Labute approximate surface area is 212 Å². The number of ether oxygens (including phenoxy) is 1. The lowest BCUT2D eigenvalue weighted by molar-refractivity contribution is -0.0507. The van der Waals surface area contributed by atoms with Gasteiger partial charge < -0.3 is 4.74 Å². The number of rotatable bonds is 6. The van der Waals surface area contributed by atoms with Crippen LogP contribution in [0.25, 0.3) is 11.2 Å². The van der Waals surface area contributed by atoms with Gasteiger partial charge in [-0.15, -0.1) is 0 Å². The highest BCUT2D eigenvalue weighted by molar-refractivity contribution is 5.71. The molecule has 1 saturated carbocycles. The number of pyridine rings is 2. The first kappa shape index (κ1) is 24.9. The minimum absolute atomic E-state index is 0.0323. The van der Waals surface area contributed by atoms with E-state index >= 15 is 0 Å². The molecule has 4 aromatic rings. The number of aryl methyl sites for hydroxylation is 2. The number of nitrogens with zero attached hydrogens (tertiary/aromatic N) is 4. The molecule has 0 N–H and O–H groups in total. The molecule has 6 nitrogen and oxygen atoms in total. The van der Waals surface area contributed by atoms with Crippen molar-refractivity contribution in [2.45, 2.75) is 64.5 Å². The summed E-state index contributed by atoms with van der Waals surface area (Å²) in [6.45, 7) is 0.593. The van der Waals surface area contributed by atoms with Crippen LogP contribution in [-0.4, -0.2) is 26.1 Å². The van der Waals surface area contributed by atoms with Gasteiger partial charge in [-0.25, -0.2) is 9.37 Å². The summed E-state index contributed by atoms with van der Waals surface area (Å²) < 4.78 is 46.6. The van der Waals surface area contributed by atoms with Gasteiger partial charge in [0.1, 0.15) is 22.8 Å². The van der Waals surface area contributed by atoms with Crippen molar-refractivity contribution in [2.24, 2.45) is 0 Å². The molecule has 0 atom stereocenters. The first-order chi connectivity index (χ1) is 17.8. The Bertz CT molecular complexity index is 1480. The number of alkyl halides is 2. The fraction of sp³-hybridized carbons (Fsp3) is 0.357. The Morgan fingerprint density at radius 3 is 2.54 bits per heavy atom. The molecule has 3 heterocycles. The van der Waals surface area contributed by atoms with E-state index in [1.165, 1.54) is 29.0 Å². The highest BCUT2D eigenvalue weighted by Gasteiger charge is 2.29. The summed E-state index contributed by atoms with van der Waals surface area (Å²) in [6.07, 6.45) is 6.06. The van der Waals surface area contributed by atoms with Crippen molar-refractivity contribution < 1.29 is 17.9 Å². The smallest absolute Gasteiger partial charge is 0.387 e. The summed E-state index contributed by atoms with van der Waals surface area (Å²) in [5, 5.41) is 0. The van der Waals surface area contributed by atoms with Gasteiger partial charge in [-0.2, -0.15) is 8.78 Å². The van der Waals surface area contributed by atoms with Crippen molar-refractivity contribution in [3.8, 4) is 5.75 Å². The Morgan fingerprint density at radius 2 is 1.81 bits per heavy atom. The predicted octanol–water partition coefficient (Wildman–Crippen LogP) is 6.03. The van der Waals surface area contributed by atoms with Crippen LogP contribution in [0.3, 0.4) is 0 Å². The Balaban J connectivity index is 1.51. The third kappa shape index (κ3) is 5.08. The zero-order valence-electron chi connectivity index (χ0n) is 20.6. The summed E-state index contributed by atoms with van der Waals surface area (Å²) in [5.41, 5.74) is 3.77. The molecule has 5 rings (SSSR count).